The van der Waals surface area contributed by atoms with Crippen LogP contribution in [0.1, 0.15) is 19.4 Å². The van der Waals surface area contributed by atoms with Gasteiger partial charge in [0.25, 0.3) is 5.79 Å². The quantitative estimate of drug-likeness (QED) is 0.477. The summed E-state index contributed by atoms with van der Waals surface area (Å²) in [5.41, 5.74) is -0.223. The summed E-state index contributed by atoms with van der Waals surface area (Å²) in [6.45, 7) is 2.86. The summed E-state index contributed by atoms with van der Waals surface area (Å²) in [6.07, 6.45) is 1.12. The molecule has 0 N–H and O–H groups in total. The molecular formula is C14H12ClFO5. The second-order valence-corrected chi connectivity index (χ2v) is 5.10. The van der Waals surface area contributed by atoms with Gasteiger partial charge in [-0.3, -0.25) is 0 Å². The molecular weight excluding hydrogens is 303 g/mol. The Hall–Kier alpha value is -2.08. The second kappa shape index (κ2) is 5.37. The first-order chi connectivity index (χ1) is 9.75. The zero-order valence-corrected chi connectivity index (χ0v) is 12.3. The highest BCUT2D eigenvalue weighted by Gasteiger charge is 2.39. The van der Waals surface area contributed by atoms with Crippen LogP contribution in [-0.4, -0.2) is 24.8 Å². The van der Waals surface area contributed by atoms with Gasteiger partial charge in [0.15, 0.2) is 11.6 Å². The third-order valence-corrected chi connectivity index (χ3v) is 3.10. The topological polar surface area (TPSA) is 61.8 Å². The molecule has 21 heavy (non-hydrogen) atoms. The molecule has 1 saturated heterocycles. The normalized spacial score (nSPS) is 17.1. The minimum absolute atomic E-state index is 0.0444. The van der Waals surface area contributed by atoms with E-state index in [4.69, 9.17) is 25.8 Å². The molecule has 0 radical (unpaired) electrons. The fraction of sp³-hybridized carbons (Fsp3) is 0.286. The van der Waals surface area contributed by atoms with Gasteiger partial charge in [-0.15, -0.1) is 0 Å². The van der Waals surface area contributed by atoms with E-state index in [1.165, 1.54) is 33.1 Å². The number of halogens is 2. The molecule has 0 spiro atoms. The number of esters is 2. The molecule has 0 amide bonds. The Labute approximate surface area is 125 Å². The highest BCUT2D eigenvalue weighted by atomic mass is 35.5. The fourth-order valence-corrected chi connectivity index (χ4v) is 1.96. The van der Waals surface area contributed by atoms with Crippen molar-refractivity contribution in [3.8, 4) is 5.75 Å². The van der Waals surface area contributed by atoms with Gasteiger partial charge < -0.3 is 14.2 Å². The van der Waals surface area contributed by atoms with Crippen LogP contribution in [0, 0.1) is 5.82 Å². The largest absolute Gasteiger partial charge is 0.494 e. The van der Waals surface area contributed by atoms with Crippen LogP contribution in [0.3, 0.4) is 0 Å². The first-order valence-corrected chi connectivity index (χ1v) is 6.33. The number of ether oxygens (including phenoxy) is 3. The Bertz CT molecular complexity index is 629. The van der Waals surface area contributed by atoms with E-state index in [9.17, 15) is 14.0 Å². The van der Waals surface area contributed by atoms with E-state index in [2.05, 4.69) is 0 Å². The van der Waals surface area contributed by atoms with E-state index >= 15 is 0 Å². The molecule has 0 aromatic heterocycles. The number of methoxy groups -OCH3 is 1. The Balaban J connectivity index is 2.43. The van der Waals surface area contributed by atoms with Gasteiger partial charge in [0.1, 0.15) is 5.57 Å². The van der Waals surface area contributed by atoms with Gasteiger partial charge >= 0.3 is 11.9 Å². The maximum atomic E-state index is 13.8. The molecule has 0 aliphatic carbocycles. The number of carbonyl (C=O) groups is 2. The standard InChI is InChI=1S/C14H12ClFO5/c1-14(2)20-12(17)8(13(18)21-14)6-7-4-5-9(19-3)11(16)10(7)15/h4-6H,1-3H3. The van der Waals surface area contributed by atoms with Crippen molar-refractivity contribution >= 4 is 29.6 Å². The predicted molar refractivity (Wildman–Crippen MR) is 72.2 cm³/mol. The van der Waals surface area contributed by atoms with Gasteiger partial charge in [0.2, 0.25) is 0 Å². The molecule has 0 unspecified atom stereocenters. The summed E-state index contributed by atoms with van der Waals surface area (Å²) in [5.74, 6) is -3.88. The molecule has 1 aromatic rings. The summed E-state index contributed by atoms with van der Waals surface area (Å²) in [5, 5.41) is -0.271. The SMILES string of the molecule is COc1ccc(C=C2C(=O)OC(C)(C)OC2=O)c(Cl)c1F. The van der Waals surface area contributed by atoms with Crippen LogP contribution in [0.25, 0.3) is 6.08 Å². The van der Waals surface area contributed by atoms with E-state index < -0.39 is 23.5 Å². The zero-order valence-electron chi connectivity index (χ0n) is 11.5. The summed E-state index contributed by atoms with van der Waals surface area (Å²) < 4.78 is 28.5. The summed E-state index contributed by atoms with van der Waals surface area (Å²) in [6, 6.07) is 2.74. The van der Waals surface area contributed by atoms with E-state index in [1.807, 2.05) is 0 Å². The average molecular weight is 315 g/mol. The molecule has 7 heteroatoms. The van der Waals surface area contributed by atoms with Crippen LogP contribution in [0.5, 0.6) is 5.75 Å². The number of benzene rings is 1. The van der Waals surface area contributed by atoms with Crippen molar-refractivity contribution in [2.24, 2.45) is 0 Å². The van der Waals surface area contributed by atoms with Crippen LogP contribution in [0.2, 0.25) is 5.02 Å². The van der Waals surface area contributed by atoms with E-state index in [0.717, 1.165) is 6.08 Å². The molecule has 1 fully saturated rings. The van der Waals surface area contributed by atoms with E-state index in [1.54, 1.807) is 0 Å². The van der Waals surface area contributed by atoms with Gasteiger partial charge in [0, 0.05) is 13.8 Å². The number of hydrogen-bond donors (Lipinski definition) is 0. The molecule has 1 aliphatic rings. The van der Waals surface area contributed by atoms with Crippen LogP contribution < -0.4 is 4.74 Å². The first-order valence-electron chi connectivity index (χ1n) is 5.95. The van der Waals surface area contributed by atoms with Crippen LogP contribution in [-0.2, 0) is 19.1 Å². The number of carbonyl (C=O) groups excluding carboxylic acids is 2. The molecule has 0 atom stereocenters. The van der Waals surface area contributed by atoms with Crippen molar-refractivity contribution in [3.05, 3.63) is 34.1 Å². The van der Waals surface area contributed by atoms with Crippen LogP contribution in [0.4, 0.5) is 4.39 Å². The lowest BCUT2D eigenvalue weighted by Crippen LogP contribution is -2.41. The van der Waals surface area contributed by atoms with Crippen molar-refractivity contribution in [1.82, 2.24) is 0 Å². The van der Waals surface area contributed by atoms with E-state index in [-0.39, 0.29) is 21.9 Å². The predicted octanol–water partition coefficient (Wildman–Crippen LogP) is 2.71. The molecule has 1 aromatic carbocycles. The third kappa shape index (κ3) is 3.00. The number of rotatable bonds is 2. The molecule has 1 heterocycles. The Morgan fingerprint density at radius 3 is 2.33 bits per heavy atom. The minimum atomic E-state index is -1.33. The fourth-order valence-electron chi connectivity index (χ4n) is 1.75. The zero-order chi connectivity index (χ0) is 15.8. The highest BCUT2D eigenvalue weighted by molar-refractivity contribution is 6.33. The van der Waals surface area contributed by atoms with Crippen LogP contribution >= 0.6 is 11.6 Å². The molecule has 1 aliphatic heterocycles. The lowest BCUT2D eigenvalue weighted by atomic mass is 10.1. The van der Waals surface area contributed by atoms with Crippen molar-refractivity contribution in [2.45, 2.75) is 19.6 Å². The summed E-state index contributed by atoms with van der Waals surface area (Å²) in [4.78, 5) is 23.6. The minimum Gasteiger partial charge on any atom is -0.494 e. The van der Waals surface area contributed by atoms with Crippen molar-refractivity contribution in [2.75, 3.05) is 7.11 Å². The molecule has 0 saturated carbocycles. The van der Waals surface area contributed by atoms with Crippen LogP contribution in [0.15, 0.2) is 17.7 Å². The maximum absolute atomic E-state index is 13.8. The van der Waals surface area contributed by atoms with Gasteiger partial charge in [-0.1, -0.05) is 11.6 Å². The van der Waals surface area contributed by atoms with E-state index in [0.29, 0.717) is 0 Å². The smallest absolute Gasteiger partial charge is 0.348 e. The maximum Gasteiger partial charge on any atom is 0.348 e. The average Bonchev–Trinajstić information content (AvgIpc) is 2.37. The van der Waals surface area contributed by atoms with Gasteiger partial charge in [-0.25, -0.2) is 14.0 Å². The Kier molecular flexibility index (Phi) is 3.91. The third-order valence-electron chi connectivity index (χ3n) is 2.71. The van der Waals surface area contributed by atoms with Crippen molar-refractivity contribution in [3.63, 3.8) is 0 Å². The van der Waals surface area contributed by atoms with Gasteiger partial charge in [-0.2, -0.15) is 0 Å². The monoisotopic (exact) mass is 314 g/mol. The highest BCUT2D eigenvalue weighted by Crippen LogP contribution is 2.31. The Morgan fingerprint density at radius 1 is 1.24 bits per heavy atom. The number of hydrogen-bond acceptors (Lipinski definition) is 5. The first kappa shape index (κ1) is 15.3. The van der Waals surface area contributed by atoms with Gasteiger partial charge in [-0.05, 0) is 23.8 Å². The molecule has 5 nitrogen and oxygen atoms in total. The van der Waals surface area contributed by atoms with Crippen molar-refractivity contribution in [1.29, 1.82) is 0 Å². The lowest BCUT2D eigenvalue weighted by molar-refractivity contribution is -0.222. The number of cyclic esters (lactones) is 2. The molecule has 112 valence electrons. The summed E-state index contributed by atoms with van der Waals surface area (Å²) in [7, 11) is 1.30. The van der Waals surface area contributed by atoms with Gasteiger partial charge in [0.05, 0.1) is 12.1 Å². The lowest BCUT2D eigenvalue weighted by Gasteiger charge is -2.29. The van der Waals surface area contributed by atoms with Crippen molar-refractivity contribution < 1.29 is 28.2 Å². The summed E-state index contributed by atoms with van der Waals surface area (Å²) >= 11 is 5.84. The molecule has 2 rings (SSSR count). The molecule has 0 bridgehead atoms. The Morgan fingerprint density at radius 2 is 1.81 bits per heavy atom. The second-order valence-electron chi connectivity index (χ2n) is 4.72.